The number of Topliss-reactive ketones (excluding diaryl/α,β-unsaturated/α-hetero) is 2. The van der Waals surface area contributed by atoms with Crippen molar-refractivity contribution in [1.29, 1.82) is 0 Å². The van der Waals surface area contributed by atoms with Crippen LogP contribution in [0.1, 0.15) is 26.4 Å². The molecule has 7 rings (SSSR count). The van der Waals surface area contributed by atoms with Crippen LogP contribution in [-0.2, 0) is 0 Å². The van der Waals surface area contributed by atoms with E-state index in [2.05, 4.69) is 22.8 Å². The summed E-state index contributed by atoms with van der Waals surface area (Å²) in [6.07, 6.45) is 1.67. The van der Waals surface area contributed by atoms with E-state index < -0.39 is 0 Å². The summed E-state index contributed by atoms with van der Waals surface area (Å²) < 4.78 is 8.36. The summed E-state index contributed by atoms with van der Waals surface area (Å²) in [7, 11) is 5.91. The fourth-order valence-corrected chi connectivity index (χ4v) is 5.28. The summed E-state index contributed by atoms with van der Waals surface area (Å²) >= 11 is 0. The molecule has 0 N–H and O–H groups in total. The van der Waals surface area contributed by atoms with E-state index in [-0.39, 0.29) is 17.1 Å². The van der Waals surface area contributed by atoms with Crippen molar-refractivity contribution in [3.63, 3.8) is 0 Å². The number of furan rings is 1. The highest BCUT2D eigenvalue weighted by Gasteiger charge is 2.33. The van der Waals surface area contributed by atoms with Crippen LogP contribution in [0.15, 0.2) is 125 Å². The molecule has 0 fully saturated rings. The maximum absolute atomic E-state index is 13.3. The first kappa shape index (κ1) is 23.0. The molecule has 1 aliphatic carbocycles. The van der Waals surface area contributed by atoms with Gasteiger partial charge in [-0.3, -0.25) is 9.59 Å². The van der Waals surface area contributed by atoms with Gasteiger partial charge in [0.05, 0.1) is 22.5 Å². The van der Waals surface area contributed by atoms with Gasteiger partial charge in [-0.2, -0.15) is 0 Å². The van der Waals surface area contributed by atoms with Crippen molar-refractivity contribution in [1.82, 2.24) is 4.57 Å². The molecule has 182 valence electrons. The lowest BCUT2D eigenvalue weighted by Crippen LogP contribution is -2.05. The van der Waals surface area contributed by atoms with E-state index in [0.29, 0.717) is 27.9 Å². The zero-order valence-electron chi connectivity index (χ0n) is 20.8. The predicted molar refractivity (Wildman–Crippen MR) is 155 cm³/mol. The van der Waals surface area contributed by atoms with Gasteiger partial charge in [-0.25, -0.2) is 0 Å². The van der Waals surface area contributed by atoms with Gasteiger partial charge in [-0.05, 0) is 17.7 Å². The Morgan fingerprint density at radius 2 is 1.31 bits per heavy atom. The topological polar surface area (TPSA) is 52.2 Å². The van der Waals surface area contributed by atoms with Crippen LogP contribution < -0.4 is 5.46 Å². The number of ketones is 2. The van der Waals surface area contributed by atoms with E-state index in [1.807, 2.05) is 78.9 Å². The van der Waals surface area contributed by atoms with E-state index >= 15 is 0 Å². The molecule has 1 aliphatic rings. The molecule has 4 nitrogen and oxygen atoms in total. The van der Waals surface area contributed by atoms with Gasteiger partial charge in [0, 0.05) is 34.4 Å². The van der Waals surface area contributed by atoms with Crippen LogP contribution in [0.4, 0.5) is 0 Å². The second kappa shape index (κ2) is 9.00. The number of nitrogens with zero attached hydrogens (tertiary/aromatic N) is 1. The first-order valence-electron chi connectivity index (χ1n) is 12.6. The minimum Gasteiger partial charge on any atom is -0.454 e. The molecular weight excluding hydrogens is 481 g/mol. The lowest BCUT2D eigenvalue weighted by Gasteiger charge is -2.14. The lowest BCUT2D eigenvalue weighted by molar-refractivity contribution is 0.0990. The summed E-state index contributed by atoms with van der Waals surface area (Å²) in [5.41, 5.74) is 7.36. The third-order valence-electron chi connectivity index (χ3n) is 7.12. The van der Waals surface area contributed by atoms with Crippen molar-refractivity contribution in [2.45, 2.75) is 0 Å². The second-order valence-corrected chi connectivity index (χ2v) is 9.54. The summed E-state index contributed by atoms with van der Waals surface area (Å²) in [6, 6.07) is 36.8. The van der Waals surface area contributed by atoms with Crippen molar-refractivity contribution >= 4 is 42.1 Å². The van der Waals surface area contributed by atoms with Gasteiger partial charge in [-0.15, -0.1) is 0 Å². The molecule has 5 heteroatoms. The molecule has 2 radical (unpaired) electrons. The Labute approximate surface area is 226 Å². The molecule has 0 saturated heterocycles. The molecule has 0 spiro atoms. The van der Waals surface area contributed by atoms with E-state index in [4.69, 9.17) is 12.3 Å². The quantitative estimate of drug-likeness (QED) is 0.151. The fourth-order valence-electron chi connectivity index (χ4n) is 5.28. The largest absolute Gasteiger partial charge is 0.454 e. The van der Waals surface area contributed by atoms with Crippen LogP contribution in [-0.4, -0.2) is 24.0 Å². The highest BCUT2D eigenvalue weighted by atomic mass is 16.3. The standard InChI is InChI=1S/C34H20BNO3/c35-23-15-16-26-27(17-23)34(38)28(33(26)37)18-24-19-32-30(20-31(39-32)22-11-5-2-6-12-22)36(24)29-14-8-7-13-25(29)21-9-3-1-4-10-21/h1-20H/b28-18-. The Balaban J connectivity index is 1.47. The molecule has 2 heterocycles. The minimum absolute atomic E-state index is 0.109. The number of benzene rings is 4. The highest BCUT2D eigenvalue weighted by molar-refractivity contribution is 6.43. The average molecular weight is 501 g/mol. The van der Waals surface area contributed by atoms with Crippen LogP contribution in [0.25, 0.3) is 45.3 Å². The lowest BCUT2D eigenvalue weighted by atomic mass is 9.92. The zero-order valence-corrected chi connectivity index (χ0v) is 20.8. The molecule has 0 aliphatic heterocycles. The van der Waals surface area contributed by atoms with Crippen LogP contribution in [0, 0.1) is 0 Å². The fraction of sp³-hybridized carbons (Fsp3) is 0. The summed E-state index contributed by atoms with van der Waals surface area (Å²) in [4.78, 5) is 26.6. The van der Waals surface area contributed by atoms with Gasteiger partial charge in [-0.1, -0.05) is 103 Å². The monoisotopic (exact) mass is 501 g/mol. The number of rotatable bonds is 4. The maximum Gasteiger partial charge on any atom is 0.197 e. The molecule has 6 aromatic rings. The molecule has 4 aromatic carbocycles. The van der Waals surface area contributed by atoms with Gasteiger partial charge in [0.15, 0.2) is 17.1 Å². The van der Waals surface area contributed by atoms with Gasteiger partial charge in [0.2, 0.25) is 0 Å². The Hall–Kier alpha value is -5.16. The second-order valence-electron chi connectivity index (χ2n) is 9.54. The Kier molecular flexibility index (Phi) is 5.31. The van der Waals surface area contributed by atoms with Crippen molar-refractivity contribution in [2.24, 2.45) is 0 Å². The van der Waals surface area contributed by atoms with E-state index in [1.54, 1.807) is 24.3 Å². The van der Waals surface area contributed by atoms with Crippen molar-refractivity contribution in [3.05, 3.63) is 138 Å². The molecule has 0 bridgehead atoms. The number of hydrogen-bond donors (Lipinski definition) is 0. The minimum atomic E-state index is -0.326. The molecule has 2 aromatic heterocycles. The predicted octanol–water partition coefficient (Wildman–Crippen LogP) is 6.81. The van der Waals surface area contributed by atoms with Gasteiger partial charge >= 0.3 is 0 Å². The molecule has 0 saturated carbocycles. The van der Waals surface area contributed by atoms with Gasteiger partial charge in [0.1, 0.15) is 13.6 Å². The van der Waals surface area contributed by atoms with E-state index in [1.165, 1.54) is 0 Å². The smallest absolute Gasteiger partial charge is 0.197 e. The Morgan fingerprint density at radius 3 is 2.08 bits per heavy atom. The Bertz CT molecular complexity index is 1950. The number of fused-ring (bicyclic) bond motifs is 2. The van der Waals surface area contributed by atoms with Crippen LogP contribution in [0.2, 0.25) is 0 Å². The van der Waals surface area contributed by atoms with Crippen LogP contribution in [0.3, 0.4) is 0 Å². The molecule has 0 unspecified atom stereocenters. The molecule has 39 heavy (non-hydrogen) atoms. The molecule has 0 atom stereocenters. The van der Waals surface area contributed by atoms with Gasteiger partial charge < -0.3 is 8.98 Å². The number of hydrogen-bond acceptors (Lipinski definition) is 3. The highest BCUT2D eigenvalue weighted by Crippen LogP contribution is 2.37. The number of allylic oxidation sites excluding steroid dienone is 1. The van der Waals surface area contributed by atoms with E-state index in [0.717, 1.165) is 33.7 Å². The number of carbonyl (C=O) groups is 2. The number of para-hydroxylation sites is 1. The van der Waals surface area contributed by atoms with E-state index in [9.17, 15) is 9.59 Å². The van der Waals surface area contributed by atoms with Gasteiger partial charge in [0.25, 0.3) is 0 Å². The number of carbonyl (C=O) groups excluding carboxylic acids is 2. The number of aromatic nitrogens is 1. The van der Waals surface area contributed by atoms with Crippen molar-refractivity contribution < 1.29 is 14.0 Å². The maximum atomic E-state index is 13.3. The third-order valence-corrected chi connectivity index (χ3v) is 7.12. The Morgan fingerprint density at radius 1 is 0.641 bits per heavy atom. The first-order valence-corrected chi connectivity index (χ1v) is 12.6. The zero-order chi connectivity index (χ0) is 26.5. The summed E-state index contributed by atoms with van der Waals surface area (Å²) in [6.45, 7) is 0. The summed E-state index contributed by atoms with van der Waals surface area (Å²) in [5.74, 6) is 0.107. The normalized spacial score (nSPS) is 13.9. The molecular formula is C34H20BNO3. The van der Waals surface area contributed by atoms with Crippen LogP contribution in [0.5, 0.6) is 0 Å². The van der Waals surface area contributed by atoms with Crippen LogP contribution >= 0.6 is 0 Å². The van der Waals surface area contributed by atoms with Crippen molar-refractivity contribution in [3.8, 4) is 28.1 Å². The first-order chi connectivity index (χ1) is 19.1. The van der Waals surface area contributed by atoms with Crippen molar-refractivity contribution in [2.75, 3.05) is 0 Å². The molecule has 0 amide bonds. The summed E-state index contributed by atoms with van der Waals surface area (Å²) in [5, 5.41) is 0. The SMILES string of the molecule is [B]c1ccc2c(c1)C(=O)/C(=C\c1cc3oc(-c4ccccc4)cc3n1-c1ccccc1-c1ccccc1)C2=O. The average Bonchev–Trinajstić information content (AvgIpc) is 3.60. The third kappa shape index (κ3) is 3.79.